The molecule has 1 saturated heterocycles. The lowest BCUT2D eigenvalue weighted by Crippen LogP contribution is -2.45. The van der Waals surface area contributed by atoms with Gasteiger partial charge in [-0.25, -0.2) is 4.98 Å². The van der Waals surface area contributed by atoms with E-state index in [0.29, 0.717) is 11.8 Å². The van der Waals surface area contributed by atoms with Crippen molar-refractivity contribution in [2.24, 2.45) is 0 Å². The van der Waals surface area contributed by atoms with Crippen molar-refractivity contribution in [2.75, 3.05) is 38.1 Å². The van der Waals surface area contributed by atoms with Crippen LogP contribution >= 0.6 is 34.8 Å². The van der Waals surface area contributed by atoms with E-state index in [2.05, 4.69) is 31.8 Å². The van der Waals surface area contributed by atoms with Crippen LogP contribution in [0.3, 0.4) is 0 Å². The third kappa shape index (κ3) is 4.09. The number of rotatable bonds is 2. The van der Waals surface area contributed by atoms with Crippen molar-refractivity contribution in [3.63, 3.8) is 0 Å². The first-order valence-electron chi connectivity index (χ1n) is 7.67. The number of benzene rings is 1. The number of aryl methyl sites for hydroxylation is 1. The number of nitrogens with zero attached hydrogens (tertiary/aromatic N) is 5. The quantitative estimate of drug-likeness (QED) is 0.740. The predicted octanol–water partition coefficient (Wildman–Crippen LogP) is 3.43. The molecule has 1 aromatic carbocycles. The zero-order valence-electron chi connectivity index (χ0n) is 13.5. The number of likely N-dealkylation sites (N-methyl/N-ethyl adjacent to an activating group) is 1. The molecule has 0 amide bonds. The molecule has 0 radical (unpaired) electrons. The van der Waals surface area contributed by atoms with Crippen LogP contribution in [0.2, 0.25) is 0 Å². The molecule has 0 saturated carbocycles. The van der Waals surface area contributed by atoms with Gasteiger partial charge < -0.3 is 9.80 Å². The molecule has 128 valence electrons. The first kappa shape index (κ1) is 17.7. The fourth-order valence-corrected chi connectivity index (χ4v) is 2.72. The number of hydrogen-bond acceptors (Lipinski definition) is 5. The minimum Gasteiger partial charge on any atom is -0.338 e. The number of aromatic nitrogens is 3. The van der Waals surface area contributed by atoms with Crippen LogP contribution in [0.1, 0.15) is 11.4 Å². The normalized spacial score (nSPS) is 16.5. The molecule has 0 bridgehead atoms. The molecule has 8 heteroatoms. The summed E-state index contributed by atoms with van der Waals surface area (Å²) in [5, 5.41) is 0. The minimum atomic E-state index is -1.69. The fourth-order valence-electron chi connectivity index (χ4n) is 2.47. The standard InChI is InChI=1S/C16H18Cl3N5/c1-11-3-5-12(6-4-11)13-20-14(16(17,18)19)22-15(21-13)24-9-7-23(2)8-10-24/h3-6H,7-10H2,1-2H3. The van der Waals surface area contributed by atoms with Gasteiger partial charge in [-0.15, -0.1) is 0 Å². The Morgan fingerprint density at radius 1 is 0.917 bits per heavy atom. The smallest absolute Gasteiger partial charge is 0.250 e. The second kappa shape index (κ2) is 7.00. The summed E-state index contributed by atoms with van der Waals surface area (Å²) in [6, 6.07) is 7.93. The highest BCUT2D eigenvalue weighted by atomic mass is 35.6. The Balaban J connectivity index is 2.02. The van der Waals surface area contributed by atoms with Crippen LogP contribution in [0, 0.1) is 6.92 Å². The van der Waals surface area contributed by atoms with Crippen LogP contribution in [0.25, 0.3) is 11.4 Å². The summed E-state index contributed by atoms with van der Waals surface area (Å²) in [5.74, 6) is 1.21. The van der Waals surface area contributed by atoms with E-state index in [9.17, 15) is 0 Å². The highest BCUT2D eigenvalue weighted by Crippen LogP contribution is 2.37. The molecule has 0 atom stereocenters. The average Bonchev–Trinajstić information content (AvgIpc) is 2.55. The van der Waals surface area contributed by atoms with Crippen molar-refractivity contribution in [3.8, 4) is 11.4 Å². The van der Waals surface area contributed by atoms with Crippen molar-refractivity contribution in [2.45, 2.75) is 10.7 Å². The molecule has 0 aliphatic carbocycles. The first-order chi connectivity index (χ1) is 11.3. The monoisotopic (exact) mass is 385 g/mol. The molecular formula is C16H18Cl3N5. The molecule has 1 fully saturated rings. The zero-order valence-corrected chi connectivity index (χ0v) is 15.8. The maximum absolute atomic E-state index is 6.03. The van der Waals surface area contributed by atoms with Gasteiger partial charge in [0, 0.05) is 31.7 Å². The summed E-state index contributed by atoms with van der Waals surface area (Å²) in [4.78, 5) is 17.7. The van der Waals surface area contributed by atoms with Crippen LogP contribution in [0.4, 0.5) is 5.95 Å². The Morgan fingerprint density at radius 2 is 1.54 bits per heavy atom. The molecule has 24 heavy (non-hydrogen) atoms. The van der Waals surface area contributed by atoms with Crippen molar-refractivity contribution < 1.29 is 0 Å². The van der Waals surface area contributed by atoms with E-state index >= 15 is 0 Å². The lowest BCUT2D eigenvalue weighted by molar-refractivity contribution is 0.311. The van der Waals surface area contributed by atoms with Crippen LogP contribution in [0.15, 0.2) is 24.3 Å². The van der Waals surface area contributed by atoms with E-state index < -0.39 is 3.79 Å². The summed E-state index contributed by atoms with van der Waals surface area (Å²) in [7, 11) is 2.09. The fraction of sp³-hybridized carbons (Fsp3) is 0.438. The highest BCUT2D eigenvalue weighted by Gasteiger charge is 2.30. The van der Waals surface area contributed by atoms with Crippen molar-refractivity contribution in [1.82, 2.24) is 19.9 Å². The molecule has 3 rings (SSSR count). The molecule has 0 N–H and O–H groups in total. The van der Waals surface area contributed by atoms with Gasteiger partial charge >= 0.3 is 0 Å². The molecule has 5 nitrogen and oxygen atoms in total. The Hall–Kier alpha value is -1.14. The Morgan fingerprint density at radius 3 is 2.12 bits per heavy atom. The predicted molar refractivity (Wildman–Crippen MR) is 98.9 cm³/mol. The van der Waals surface area contributed by atoms with Crippen LogP contribution in [-0.4, -0.2) is 53.1 Å². The SMILES string of the molecule is Cc1ccc(-c2nc(N3CCN(C)CC3)nc(C(Cl)(Cl)Cl)n2)cc1. The second-order valence-corrected chi connectivity index (χ2v) is 8.22. The van der Waals surface area contributed by atoms with Gasteiger partial charge in [0.2, 0.25) is 9.74 Å². The van der Waals surface area contributed by atoms with Crippen molar-refractivity contribution >= 4 is 40.8 Å². The van der Waals surface area contributed by atoms with Gasteiger partial charge in [0.1, 0.15) is 0 Å². The third-order valence-corrected chi connectivity index (χ3v) is 4.48. The summed E-state index contributed by atoms with van der Waals surface area (Å²) in [6.07, 6.45) is 0. The summed E-state index contributed by atoms with van der Waals surface area (Å²) < 4.78 is -1.69. The van der Waals surface area contributed by atoms with Crippen LogP contribution in [0.5, 0.6) is 0 Å². The molecule has 1 aliphatic rings. The van der Waals surface area contributed by atoms with Gasteiger partial charge in [0.15, 0.2) is 11.6 Å². The zero-order chi connectivity index (χ0) is 17.3. The third-order valence-electron chi connectivity index (χ3n) is 3.97. The average molecular weight is 387 g/mol. The highest BCUT2D eigenvalue weighted by molar-refractivity contribution is 6.66. The van der Waals surface area contributed by atoms with Crippen LogP contribution < -0.4 is 4.90 Å². The van der Waals surface area contributed by atoms with Gasteiger partial charge in [-0.2, -0.15) is 9.97 Å². The number of piperazine rings is 1. The number of hydrogen-bond donors (Lipinski definition) is 0. The first-order valence-corrected chi connectivity index (χ1v) is 8.80. The summed E-state index contributed by atoms with van der Waals surface area (Å²) in [6.45, 7) is 5.56. The Bertz CT molecular complexity index is 707. The van der Waals surface area contributed by atoms with E-state index in [4.69, 9.17) is 34.8 Å². The summed E-state index contributed by atoms with van der Waals surface area (Å²) >= 11 is 18.1. The largest absolute Gasteiger partial charge is 0.338 e. The van der Waals surface area contributed by atoms with E-state index in [-0.39, 0.29) is 5.82 Å². The lowest BCUT2D eigenvalue weighted by atomic mass is 10.1. The maximum atomic E-state index is 6.03. The minimum absolute atomic E-state index is 0.145. The molecule has 1 aromatic heterocycles. The van der Waals surface area contributed by atoms with Gasteiger partial charge in [-0.3, -0.25) is 0 Å². The van der Waals surface area contributed by atoms with E-state index in [1.807, 2.05) is 31.2 Å². The maximum Gasteiger partial charge on any atom is 0.250 e. The molecule has 2 heterocycles. The summed E-state index contributed by atoms with van der Waals surface area (Å²) in [5.41, 5.74) is 2.03. The van der Waals surface area contributed by atoms with Crippen molar-refractivity contribution in [1.29, 1.82) is 0 Å². The van der Waals surface area contributed by atoms with Gasteiger partial charge in [-0.1, -0.05) is 64.6 Å². The van der Waals surface area contributed by atoms with E-state index in [1.54, 1.807) is 0 Å². The van der Waals surface area contributed by atoms with Gasteiger partial charge in [0.05, 0.1) is 0 Å². The van der Waals surface area contributed by atoms with Crippen LogP contribution in [-0.2, 0) is 3.79 Å². The topological polar surface area (TPSA) is 45.2 Å². The Kier molecular flexibility index (Phi) is 5.16. The van der Waals surface area contributed by atoms with Gasteiger partial charge in [0.25, 0.3) is 0 Å². The van der Waals surface area contributed by atoms with Gasteiger partial charge in [-0.05, 0) is 14.0 Å². The molecule has 0 unspecified atom stereocenters. The molecule has 2 aromatic rings. The molecule has 1 aliphatic heterocycles. The number of alkyl halides is 3. The number of halogens is 3. The van der Waals surface area contributed by atoms with E-state index in [1.165, 1.54) is 0 Å². The Labute approximate surface area is 156 Å². The lowest BCUT2D eigenvalue weighted by Gasteiger charge is -2.32. The number of anilines is 1. The molecule has 0 spiro atoms. The van der Waals surface area contributed by atoms with Crippen molar-refractivity contribution in [3.05, 3.63) is 35.7 Å². The second-order valence-electron chi connectivity index (χ2n) is 5.94. The van der Waals surface area contributed by atoms with E-state index in [0.717, 1.165) is 37.3 Å². The molecular weight excluding hydrogens is 369 g/mol.